The van der Waals surface area contributed by atoms with E-state index in [1.807, 2.05) is 19.1 Å². The average Bonchev–Trinajstić information content (AvgIpc) is 2.90. The maximum absolute atomic E-state index is 12.3. The quantitative estimate of drug-likeness (QED) is 0.764. The summed E-state index contributed by atoms with van der Waals surface area (Å²) in [4.78, 5) is 13.1. The molecule has 0 aromatic heterocycles. The number of urea groups is 1. The monoisotopic (exact) mass is 345 g/mol. The number of hydrogen-bond acceptors (Lipinski definition) is 3. The van der Waals surface area contributed by atoms with E-state index in [1.54, 1.807) is 12.1 Å². The number of amides is 2. The number of alkyl halides is 3. The molecule has 2 atom stereocenters. The van der Waals surface area contributed by atoms with Crippen molar-refractivity contribution in [1.82, 2.24) is 15.5 Å². The minimum absolute atomic E-state index is 0.0374. The third-order valence-corrected chi connectivity index (χ3v) is 4.01. The first-order valence-corrected chi connectivity index (χ1v) is 7.81. The van der Waals surface area contributed by atoms with Crippen LogP contribution in [0.15, 0.2) is 24.3 Å². The highest BCUT2D eigenvalue weighted by atomic mass is 19.4. The lowest BCUT2D eigenvalue weighted by molar-refractivity contribution is -0.143. The number of benzene rings is 1. The minimum Gasteiger partial charge on any atom is -0.387 e. The van der Waals surface area contributed by atoms with Crippen molar-refractivity contribution in [1.29, 1.82) is 0 Å². The second kappa shape index (κ2) is 7.85. The predicted octanol–water partition coefficient (Wildman–Crippen LogP) is 1.96. The van der Waals surface area contributed by atoms with Gasteiger partial charge in [-0.15, -0.1) is 0 Å². The molecule has 134 valence electrons. The van der Waals surface area contributed by atoms with Crippen LogP contribution in [0, 0.1) is 6.92 Å². The normalized spacial score (nSPS) is 20.0. The van der Waals surface area contributed by atoms with Gasteiger partial charge in [-0.3, -0.25) is 4.90 Å². The van der Waals surface area contributed by atoms with E-state index in [2.05, 4.69) is 10.6 Å². The molecule has 1 aromatic rings. The standard InChI is InChI=1S/C16H22F3N3O2/c1-11-4-2-3-5-13(11)14(23)8-20-15(24)21-12-6-7-22(9-12)10-16(17,18)19/h2-5,12,14,23H,6-10H2,1H3,(H2,20,21,24). The Morgan fingerprint density at radius 2 is 2.12 bits per heavy atom. The van der Waals surface area contributed by atoms with Gasteiger partial charge in [-0.2, -0.15) is 13.2 Å². The molecule has 0 aliphatic carbocycles. The Balaban J connectivity index is 1.73. The summed E-state index contributed by atoms with van der Waals surface area (Å²) < 4.78 is 37.0. The van der Waals surface area contributed by atoms with E-state index in [9.17, 15) is 23.1 Å². The van der Waals surface area contributed by atoms with Gasteiger partial charge < -0.3 is 15.7 Å². The maximum Gasteiger partial charge on any atom is 0.401 e. The van der Waals surface area contributed by atoms with Gasteiger partial charge in [0.15, 0.2) is 0 Å². The lowest BCUT2D eigenvalue weighted by Gasteiger charge is -2.19. The molecule has 2 amide bonds. The number of likely N-dealkylation sites (tertiary alicyclic amines) is 1. The lowest BCUT2D eigenvalue weighted by Crippen LogP contribution is -2.45. The second-order valence-electron chi connectivity index (χ2n) is 6.06. The molecule has 3 N–H and O–H groups in total. The van der Waals surface area contributed by atoms with Gasteiger partial charge in [0.25, 0.3) is 0 Å². The number of carbonyl (C=O) groups excluding carboxylic acids is 1. The Labute approximate surface area is 138 Å². The third-order valence-electron chi connectivity index (χ3n) is 4.01. The number of aliphatic hydroxyl groups is 1. The molecule has 0 spiro atoms. The summed E-state index contributed by atoms with van der Waals surface area (Å²) in [6.07, 6.45) is -4.58. The fourth-order valence-electron chi connectivity index (χ4n) is 2.84. The van der Waals surface area contributed by atoms with E-state index in [0.29, 0.717) is 13.0 Å². The van der Waals surface area contributed by atoms with Crippen LogP contribution >= 0.6 is 0 Å². The van der Waals surface area contributed by atoms with Crippen LogP contribution in [0.1, 0.15) is 23.7 Å². The molecule has 0 radical (unpaired) electrons. The van der Waals surface area contributed by atoms with Gasteiger partial charge in [0.2, 0.25) is 0 Å². The number of rotatable bonds is 5. The first-order chi connectivity index (χ1) is 11.2. The van der Waals surface area contributed by atoms with E-state index in [-0.39, 0.29) is 19.1 Å². The Hall–Kier alpha value is -1.80. The highest BCUT2D eigenvalue weighted by Gasteiger charge is 2.34. The predicted molar refractivity (Wildman–Crippen MR) is 83.6 cm³/mol. The zero-order valence-corrected chi connectivity index (χ0v) is 13.4. The van der Waals surface area contributed by atoms with Crippen LogP contribution in [-0.2, 0) is 0 Å². The van der Waals surface area contributed by atoms with Gasteiger partial charge in [0.1, 0.15) is 0 Å². The van der Waals surface area contributed by atoms with Gasteiger partial charge in [0.05, 0.1) is 12.6 Å². The molecule has 1 aliphatic rings. The van der Waals surface area contributed by atoms with Crippen LogP contribution in [0.3, 0.4) is 0 Å². The van der Waals surface area contributed by atoms with Gasteiger partial charge in [-0.05, 0) is 24.5 Å². The first-order valence-electron chi connectivity index (χ1n) is 7.81. The van der Waals surface area contributed by atoms with Crippen LogP contribution in [-0.4, -0.2) is 54.4 Å². The van der Waals surface area contributed by atoms with E-state index < -0.39 is 24.9 Å². The summed E-state index contributed by atoms with van der Waals surface area (Å²) in [5.41, 5.74) is 1.65. The Morgan fingerprint density at radius 1 is 1.42 bits per heavy atom. The molecule has 2 unspecified atom stereocenters. The topological polar surface area (TPSA) is 64.6 Å². The van der Waals surface area contributed by atoms with Crippen molar-refractivity contribution in [3.63, 3.8) is 0 Å². The average molecular weight is 345 g/mol. The van der Waals surface area contributed by atoms with E-state index in [1.165, 1.54) is 4.90 Å². The zero-order chi connectivity index (χ0) is 17.7. The Bertz CT molecular complexity index is 566. The molecule has 0 bridgehead atoms. The molecule has 5 nitrogen and oxygen atoms in total. The van der Waals surface area contributed by atoms with Crippen LogP contribution in [0.2, 0.25) is 0 Å². The van der Waals surface area contributed by atoms with Crippen LogP contribution < -0.4 is 10.6 Å². The highest BCUT2D eigenvalue weighted by Crippen LogP contribution is 2.20. The van der Waals surface area contributed by atoms with Crippen molar-refractivity contribution >= 4 is 6.03 Å². The molecule has 1 aromatic carbocycles. The number of hydrogen-bond donors (Lipinski definition) is 3. The van der Waals surface area contributed by atoms with Crippen LogP contribution in [0.25, 0.3) is 0 Å². The summed E-state index contributed by atoms with van der Waals surface area (Å²) in [6, 6.07) is 6.51. The summed E-state index contributed by atoms with van der Waals surface area (Å²) in [5, 5.41) is 15.3. The van der Waals surface area contributed by atoms with Crippen molar-refractivity contribution in [2.45, 2.75) is 31.7 Å². The zero-order valence-electron chi connectivity index (χ0n) is 13.4. The molecule has 1 saturated heterocycles. The van der Waals surface area contributed by atoms with Gasteiger partial charge in [-0.1, -0.05) is 24.3 Å². The number of halogens is 3. The first kappa shape index (κ1) is 18.5. The molecule has 0 saturated carbocycles. The molecule has 1 aliphatic heterocycles. The Kier molecular flexibility index (Phi) is 6.06. The molecule has 8 heteroatoms. The molecular formula is C16H22F3N3O2. The fourth-order valence-corrected chi connectivity index (χ4v) is 2.84. The number of aryl methyl sites for hydroxylation is 1. The van der Waals surface area contributed by atoms with Crippen molar-refractivity contribution in [2.75, 3.05) is 26.2 Å². The van der Waals surface area contributed by atoms with E-state index in [0.717, 1.165) is 11.1 Å². The van der Waals surface area contributed by atoms with Crippen LogP contribution in [0.4, 0.5) is 18.0 Å². The second-order valence-corrected chi connectivity index (χ2v) is 6.06. The Morgan fingerprint density at radius 3 is 2.79 bits per heavy atom. The van der Waals surface area contributed by atoms with Gasteiger partial charge >= 0.3 is 12.2 Å². The third kappa shape index (κ3) is 5.68. The SMILES string of the molecule is Cc1ccccc1C(O)CNC(=O)NC1CCN(CC(F)(F)F)C1. The summed E-state index contributed by atoms with van der Waals surface area (Å²) in [7, 11) is 0. The summed E-state index contributed by atoms with van der Waals surface area (Å²) in [5.74, 6) is 0. The molecule has 1 fully saturated rings. The minimum atomic E-state index is -4.23. The van der Waals surface area contributed by atoms with Gasteiger partial charge in [-0.25, -0.2) is 4.79 Å². The largest absolute Gasteiger partial charge is 0.401 e. The fraction of sp³-hybridized carbons (Fsp3) is 0.562. The summed E-state index contributed by atoms with van der Waals surface area (Å²) >= 11 is 0. The van der Waals surface area contributed by atoms with Crippen molar-refractivity contribution in [2.24, 2.45) is 0 Å². The molecule has 24 heavy (non-hydrogen) atoms. The molecular weight excluding hydrogens is 323 g/mol. The van der Waals surface area contributed by atoms with Crippen molar-refractivity contribution < 1.29 is 23.1 Å². The maximum atomic E-state index is 12.3. The lowest BCUT2D eigenvalue weighted by atomic mass is 10.0. The molecule has 2 rings (SSSR count). The number of carbonyl (C=O) groups is 1. The number of nitrogens with zero attached hydrogens (tertiary/aromatic N) is 1. The van der Waals surface area contributed by atoms with Crippen molar-refractivity contribution in [3.05, 3.63) is 35.4 Å². The van der Waals surface area contributed by atoms with E-state index in [4.69, 9.17) is 0 Å². The number of aliphatic hydroxyl groups excluding tert-OH is 1. The molecule has 1 heterocycles. The van der Waals surface area contributed by atoms with Gasteiger partial charge in [0, 0.05) is 25.7 Å². The summed E-state index contributed by atoms with van der Waals surface area (Å²) in [6.45, 7) is 1.42. The van der Waals surface area contributed by atoms with E-state index >= 15 is 0 Å². The van der Waals surface area contributed by atoms with Crippen LogP contribution in [0.5, 0.6) is 0 Å². The smallest absolute Gasteiger partial charge is 0.387 e. The number of nitrogens with one attached hydrogen (secondary N) is 2. The highest BCUT2D eigenvalue weighted by molar-refractivity contribution is 5.74. The van der Waals surface area contributed by atoms with Crippen molar-refractivity contribution in [3.8, 4) is 0 Å².